The molecule has 0 aliphatic carbocycles. The summed E-state index contributed by atoms with van der Waals surface area (Å²) in [6, 6.07) is 13.0. The summed E-state index contributed by atoms with van der Waals surface area (Å²) in [6.07, 6.45) is 0. The van der Waals surface area contributed by atoms with Crippen LogP contribution < -0.4 is 5.32 Å². The fourth-order valence-electron chi connectivity index (χ4n) is 1.65. The largest absolute Gasteiger partial charge is 0.377 e. The van der Waals surface area contributed by atoms with E-state index in [1.807, 2.05) is 24.3 Å². The van der Waals surface area contributed by atoms with Gasteiger partial charge < -0.3 is 5.32 Å². The van der Waals surface area contributed by atoms with Gasteiger partial charge in [-0.3, -0.25) is 14.9 Å². The second-order valence-corrected chi connectivity index (χ2v) is 4.91. The van der Waals surface area contributed by atoms with Crippen LogP contribution in [0.3, 0.4) is 0 Å². The highest BCUT2D eigenvalue weighted by molar-refractivity contribution is 9.10. The van der Waals surface area contributed by atoms with E-state index in [1.165, 1.54) is 24.3 Å². The summed E-state index contributed by atoms with van der Waals surface area (Å²) in [5, 5.41) is 13.6. The van der Waals surface area contributed by atoms with Crippen molar-refractivity contribution in [3.63, 3.8) is 0 Å². The van der Waals surface area contributed by atoms with E-state index >= 15 is 0 Å². The molecule has 0 radical (unpaired) electrons. The van der Waals surface area contributed by atoms with Crippen LogP contribution >= 0.6 is 15.9 Å². The first-order valence-corrected chi connectivity index (χ1v) is 6.63. The van der Waals surface area contributed by atoms with Crippen molar-refractivity contribution in [2.24, 2.45) is 0 Å². The van der Waals surface area contributed by atoms with Crippen molar-refractivity contribution < 1.29 is 9.72 Å². The molecule has 6 heteroatoms. The number of nitro benzene ring substituents is 1. The van der Waals surface area contributed by atoms with Crippen LogP contribution in [0.4, 0.5) is 11.4 Å². The molecule has 2 aromatic carbocycles. The van der Waals surface area contributed by atoms with Crippen LogP contribution in [0.1, 0.15) is 10.4 Å². The van der Waals surface area contributed by atoms with Gasteiger partial charge in [0.1, 0.15) is 0 Å². The zero-order valence-electron chi connectivity index (χ0n) is 10.4. The Morgan fingerprint density at radius 3 is 2.40 bits per heavy atom. The smallest absolute Gasteiger partial charge is 0.269 e. The van der Waals surface area contributed by atoms with E-state index in [4.69, 9.17) is 0 Å². The fourth-order valence-corrected chi connectivity index (χ4v) is 2.08. The molecule has 0 heterocycles. The number of halogens is 1. The zero-order valence-corrected chi connectivity index (χ0v) is 12.0. The molecule has 0 amide bonds. The SMILES string of the molecule is O=C(CNc1ccccc1Br)c1ccc([N+](=O)[O-])cc1. The molecule has 0 aliphatic heterocycles. The van der Waals surface area contributed by atoms with Gasteiger partial charge in [-0.15, -0.1) is 0 Å². The number of nitrogens with zero attached hydrogens (tertiary/aromatic N) is 1. The third-order valence-electron chi connectivity index (χ3n) is 2.71. The topological polar surface area (TPSA) is 72.2 Å². The van der Waals surface area contributed by atoms with E-state index in [0.717, 1.165) is 10.2 Å². The minimum absolute atomic E-state index is 0.0275. The normalized spacial score (nSPS) is 10.1. The number of rotatable bonds is 5. The van der Waals surface area contributed by atoms with Crippen molar-refractivity contribution in [2.45, 2.75) is 0 Å². The predicted molar refractivity (Wildman–Crippen MR) is 80.1 cm³/mol. The molecule has 0 atom stereocenters. The van der Waals surface area contributed by atoms with Crippen LogP contribution in [0, 0.1) is 10.1 Å². The maximum Gasteiger partial charge on any atom is 0.269 e. The third-order valence-corrected chi connectivity index (χ3v) is 3.40. The molecular formula is C14H11BrN2O3. The van der Waals surface area contributed by atoms with Crippen molar-refractivity contribution in [3.8, 4) is 0 Å². The number of carbonyl (C=O) groups excluding carboxylic acids is 1. The number of carbonyl (C=O) groups is 1. The third kappa shape index (κ3) is 3.42. The van der Waals surface area contributed by atoms with Crippen molar-refractivity contribution in [1.82, 2.24) is 0 Å². The Balaban J connectivity index is 2.02. The number of nitro groups is 1. The summed E-state index contributed by atoms with van der Waals surface area (Å²) in [5.41, 5.74) is 1.23. The molecule has 102 valence electrons. The van der Waals surface area contributed by atoms with Crippen molar-refractivity contribution in [2.75, 3.05) is 11.9 Å². The average Bonchev–Trinajstić information content (AvgIpc) is 2.46. The second-order valence-electron chi connectivity index (χ2n) is 4.06. The van der Waals surface area contributed by atoms with Gasteiger partial charge in [-0.2, -0.15) is 0 Å². The Labute approximate surface area is 123 Å². The highest BCUT2D eigenvalue weighted by Crippen LogP contribution is 2.21. The lowest BCUT2D eigenvalue weighted by molar-refractivity contribution is -0.384. The first kappa shape index (κ1) is 14.2. The number of anilines is 1. The number of ketones is 1. The van der Waals surface area contributed by atoms with Gasteiger partial charge in [-0.1, -0.05) is 12.1 Å². The second kappa shape index (κ2) is 6.29. The van der Waals surface area contributed by atoms with Crippen LogP contribution in [-0.4, -0.2) is 17.3 Å². The molecule has 0 aliphatic rings. The molecule has 5 nitrogen and oxygen atoms in total. The number of nitrogens with one attached hydrogen (secondary N) is 1. The molecule has 2 rings (SSSR count). The lowest BCUT2D eigenvalue weighted by atomic mass is 10.1. The van der Waals surface area contributed by atoms with E-state index < -0.39 is 4.92 Å². The first-order valence-electron chi connectivity index (χ1n) is 5.84. The number of non-ortho nitro benzene ring substituents is 1. The predicted octanol–water partition coefficient (Wildman–Crippen LogP) is 3.65. The van der Waals surface area contributed by atoms with Gasteiger partial charge in [0.05, 0.1) is 11.5 Å². The number of hydrogen-bond donors (Lipinski definition) is 1. The molecular weight excluding hydrogens is 324 g/mol. The Morgan fingerprint density at radius 2 is 1.80 bits per heavy atom. The van der Waals surface area contributed by atoms with E-state index in [2.05, 4.69) is 21.2 Å². The number of para-hydroxylation sites is 1. The summed E-state index contributed by atoms with van der Waals surface area (Å²) in [5.74, 6) is -0.129. The minimum Gasteiger partial charge on any atom is -0.377 e. The van der Waals surface area contributed by atoms with Gasteiger partial charge in [0.2, 0.25) is 0 Å². The van der Waals surface area contributed by atoms with Crippen LogP contribution in [-0.2, 0) is 0 Å². The standard InChI is InChI=1S/C14H11BrN2O3/c15-12-3-1-2-4-13(12)16-9-14(18)10-5-7-11(8-6-10)17(19)20/h1-8,16H,9H2. The summed E-state index contributed by atoms with van der Waals surface area (Å²) in [4.78, 5) is 22.0. The Hall–Kier alpha value is -2.21. The quantitative estimate of drug-likeness (QED) is 0.514. The monoisotopic (exact) mass is 334 g/mol. The molecule has 2 aromatic rings. The molecule has 0 bridgehead atoms. The van der Waals surface area contributed by atoms with E-state index in [-0.39, 0.29) is 18.0 Å². The summed E-state index contributed by atoms with van der Waals surface area (Å²) < 4.78 is 0.872. The zero-order chi connectivity index (χ0) is 14.5. The van der Waals surface area contributed by atoms with Gasteiger partial charge in [0.25, 0.3) is 5.69 Å². The molecule has 0 spiro atoms. The molecule has 0 unspecified atom stereocenters. The van der Waals surface area contributed by atoms with E-state index in [1.54, 1.807) is 0 Å². The molecule has 0 saturated heterocycles. The molecule has 20 heavy (non-hydrogen) atoms. The van der Waals surface area contributed by atoms with Crippen LogP contribution in [0.5, 0.6) is 0 Å². The highest BCUT2D eigenvalue weighted by Gasteiger charge is 2.09. The molecule has 0 saturated carbocycles. The van der Waals surface area contributed by atoms with E-state index in [0.29, 0.717) is 5.56 Å². The Kier molecular flexibility index (Phi) is 4.47. The van der Waals surface area contributed by atoms with Gasteiger partial charge in [0.15, 0.2) is 5.78 Å². The average molecular weight is 335 g/mol. The van der Waals surface area contributed by atoms with Crippen LogP contribution in [0.15, 0.2) is 53.0 Å². The number of benzene rings is 2. The Morgan fingerprint density at radius 1 is 1.15 bits per heavy atom. The molecule has 1 N–H and O–H groups in total. The van der Waals surface area contributed by atoms with E-state index in [9.17, 15) is 14.9 Å². The van der Waals surface area contributed by atoms with Gasteiger partial charge >= 0.3 is 0 Å². The van der Waals surface area contributed by atoms with Crippen molar-refractivity contribution in [3.05, 3.63) is 68.7 Å². The lowest BCUT2D eigenvalue weighted by Gasteiger charge is -2.07. The lowest BCUT2D eigenvalue weighted by Crippen LogP contribution is -2.14. The van der Waals surface area contributed by atoms with Crippen LogP contribution in [0.2, 0.25) is 0 Å². The van der Waals surface area contributed by atoms with Gasteiger partial charge in [0, 0.05) is 27.9 Å². The Bertz CT molecular complexity index is 641. The maximum absolute atomic E-state index is 12.0. The van der Waals surface area contributed by atoms with Crippen molar-refractivity contribution in [1.29, 1.82) is 0 Å². The van der Waals surface area contributed by atoms with Crippen molar-refractivity contribution >= 4 is 33.1 Å². The van der Waals surface area contributed by atoms with Gasteiger partial charge in [-0.05, 0) is 40.2 Å². The fraction of sp³-hybridized carbons (Fsp3) is 0.0714. The number of Topliss-reactive ketones (excluding diaryl/α,β-unsaturated/α-hetero) is 1. The van der Waals surface area contributed by atoms with Gasteiger partial charge in [-0.25, -0.2) is 0 Å². The summed E-state index contributed by atoms with van der Waals surface area (Å²) in [6.45, 7) is 0.125. The summed E-state index contributed by atoms with van der Waals surface area (Å²) >= 11 is 3.38. The first-order chi connectivity index (χ1) is 9.58. The molecule has 0 aromatic heterocycles. The highest BCUT2D eigenvalue weighted by atomic mass is 79.9. The minimum atomic E-state index is -0.492. The summed E-state index contributed by atoms with van der Waals surface area (Å²) in [7, 11) is 0. The maximum atomic E-state index is 12.0. The molecule has 0 fully saturated rings. The number of hydrogen-bond acceptors (Lipinski definition) is 4. The van der Waals surface area contributed by atoms with Crippen LogP contribution in [0.25, 0.3) is 0 Å².